The Kier molecular flexibility index (Phi) is 3.14. The minimum absolute atomic E-state index is 0.205. The van der Waals surface area contributed by atoms with Crippen molar-refractivity contribution in [1.82, 2.24) is 4.98 Å². The molecule has 2 heterocycles. The van der Waals surface area contributed by atoms with Crippen LogP contribution < -0.4 is 10.0 Å². The van der Waals surface area contributed by atoms with Crippen LogP contribution in [0, 0.1) is 11.8 Å². The van der Waals surface area contributed by atoms with Crippen LogP contribution in [0.2, 0.25) is 0 Å². The summed E-state index contributed by atoms with van der Waals surface area (Å²) >= 11 is 1.28. The van der Waals surface area contributed by atoms with E-state index in [1.165, 1.54) is 15.6 Å². The molecule has 1 fully saturated rings. The van der Waals surface area contributed by atoms with E-state index in [0.29, 0.717) is 18.1 Å². The number of aromatic nitrogens is 1. The number of anilines is 1. The van der Waals surface area contributed by atoms with Gasteiger partial charge in [0.05, 0.1) is 23.4 Å². The number of sulfonamides is 1. The van der Waals surface area contributed by atoms with E-state index in [2.05, 4.69) is 16.8 Å². The third kappa shape index (κ3) is 2.19. The Morgan fingerprint density at radius 3 is 3.06 bits per heavy atom. The van der Waals surface area contributed by atoms with Crippen molar-refractivity contribution in [2.75, 3.05) is 23.1 Å². The zero-order valence-electron chi connectivity index (χ0n) is 8.51. The van der Waals surface area contributed by atoms with E-state index < -0.39 is 10.0 Å². The Hall–Kier alpha value is -1.10. The van der Waals surface area contributed by atoms with Crippen molar-refractivity contribution < 1.29 is 8.42 Å². The van der Waals surface area contributed by atoms with Gasteiger partial charge in [-0.3, -0.25) is 0 Å². The van der Waals surface area contributed by atoms with Gasteiger partial charge in [0.1, 0.15) is 0 Å². The van der Waals surface area contributed by atoms with Gasteiger partial charge in [-0.05, 0) is 6.42 Å². The lowest BCUT2D eigenvalue weighted by molar-refractivity contribution is 0.599. The molecule has 0 bridgehead atoms. The van der Waals surface area contributed by atoms with Gasteiger partial charge in [0.2, 0.25) is 10.0 Å². The minimum atomic E-state index is -3.14. The normalized spacial score (nSPS) is 18.2. The molecule has 0 unspecified atom stereocenters. The molecule has 86 valence electrons. The monoisotopic (exact) mass is 257 g/mol. The maximum Gasteiger partial charge on any atom is 0.236 e. The fraction of sp³-hybridized carbons (Fsp3) is 0.444. The van der Waals surface area contributed by atoms with E-state index in [1.54, 1.807) is 6.20 Å². The van der Waals surface area contributed by atoms with E-state index in [1.807, 2.05) is 0 Å². The van der Waals surface area contributed by atoms with Crippen molar-refractivity contribution in [3.05, 3.63) is 11.1 Å². The van der Waals surface area contributed by atoms with Crippen LogP contribution in [0.4, 0.5) is 5.13 Å². The van der Waals surface area contributed by atoms with Gasteiger partial charge in [-0.2, -0.15) is 0 Å². The fourth-order valence-electron chi connectivity index (χ4n) is 1.43. The number of rotatable bonds is 1. The first-order valence-electron chi connectivity index (χ1n) is 4.78. The van der Waals surface area contributed by atoms with Crippen molar-refractivity contribution in [3.8, 4) is 11.8 Å². The zero-order chi connectivity index (χ0) is 11.6. The van der Waals surface area contributed by atoms with E-state index in [-0.39, 0.29) is 12.3 Å². The molecule has 1 aromatic rings. The molecule has 1 aliphatic heterocycles. The van der Waals surface area contributed by atoms with Crippen molar-refractivity contribution in [2.45, 2.75) is 6.42 Å². The van der Waals surface area contributed by atoms with Crippen LogP contribution in [0.1, 0.15) is 11.3 Å². The molecule has 0 aromatic carbocycles. The van der Waals surface area contributed by atoms with Crippen molar-refractivity contribution in [2.24, 2.45) is 5.73 Å². The third-order valence-corrected chi connectivity index (χ3v) is 5.00. The van der Waals surface area contributed by atoms with Gasteiger partial charge in [0.25, 0.3) is 0 Å². The molecule has 0 amide bonds. The summed E-state index contributed by atoms with van der Waals surface area (Å²) in [7, 11) is -3.14. The molecule has 16 heavy (non-hydrogen) atoms. The lowest BCUT2D eigenvalue weighted by atomic mass is 10.5. The van der Waals surface area contributed by atoms with Crippen LogP contribution in [-0.4, -0.2) is 32.2 Å². The van der Waals surface area contributed by atoms with Crippen molar-refractivity contribution in [1.29, 1.82) is 0 Å². The van der Waals surface area contributed by atoms with Crippen LogP contribution in [0.5, 0.6) is 0 Å². The summed E-state index contributed by atoms with van der Waals surface area (Å²) in [5.41, 5.74) is 5.25. The molecule has 2 N–H and O–H groups in total. The lowest BCUT2D eigenvalue weighted by Crippen LogP contribution is -2.24. The van der Waals surface area contributed by atoms with Gasteiger partial charge in [0.15, 0.2) is 5.13 Å². The summed E-state index contributed by atoms with van der Waals surface area (Å²) in [5, 5.41) is 0.499. The summed E-state index contributed by atoms with van der Waals surface area (Å²) in [5.74, 6) is 5.75. The molecule has 5 nitrogen and oxygen atoms in total. The number of nitrogens with two attached hydrogens (primary N) is 1. The van der Waals surface area contributed by atoms with Gasteiger partial charge < -0.3 is 5.73 Å². The third-order valence-electron chi connectivity index (χ3n) is 2.12. The highest BCUT2D eigenvalue weighted by atomic mass is 32.2. The first kappa shape index (κ1) is 11.4. The van der Waals surface area contributed by atoms with E-state index >= 15 is 0 Å². The van der Waals surface area contributed by atoms with Crippen molar-refractivity contribution in [3.63, 3.8) is 0 Å². The van der Waals surface area contributed by atoms with Gasteiger partial charge in [-0.1, -0.05) is 23.2 Å². The number of hydrogen-bond acceptors (Lipinski definition) is 5. The smallest absolute Gasteiger partial charge is 0.236 e. The Labute approximate surface area is 98.3 Å². The van der Waals surface area contributed by atoms with Gasteiger partial charge in [-0.15, -0.1) is 0 Å². The van der Waals surface area contributed by atoms with Crippen LogP contribution >= 0.6 is 11.3 Å². The Balaban J connectivity index is 2.25. The average molecular weight is 257 g/mol. The largest absolute Gasteiger partial charge is 0.320 e. The van der Waals surface area contributed by atoms with Gasteiger partial charge >= 0.3 is 0 Å². The topological polar surface area (TPSA) is 76.3 Å². The summed E-state index contributed by atoms with van der Waals surface area (Å²) in [6.07, 6.45) is 2.24. The lowest BCUT2D eigenvalue weighted by Gasteiger charge is -2.11. The summed E-state index contributed by atoms with van der Waals surface area (Å²) in [6, 6.07) is 0. The highest BCUT2D eigenvalue weighted by Gasteiger charge is 2.30. The minimum Gasteiger partial charge on any atom is -0.320 e. The van der Waals surface area contributed by atoms with Crippen LogP contribution in [0.3, 0.4) is 0 Å². The molecular formula is C9H11N3O2S2. The highest BCUT2D eigenvalue weighted by molar-refractivity contribution is 7.93. The van der Waals surface area contributed by atoms with E-state index in [4.69, 9.17) is 5.73 Å². The molecule has 0 atom stereocenters. The molecular weight excluding hydrogens is 246 g/mol. The molecule has 2 rings (SSSR count). The standard InChI is InChI=1S/C9H11N3O2S2/c10-4-1-3-8-7-11-9(15-8)12-5-2-6-16(12,13)14/h7H,2,4-6,10H2. The van der Waals surface area contributed by atoms with Crippen molar-refractivity contribution >= 4 is 26.5 Å². The molecule has 0 radical (unpaired) electrons. The molecule has 1 aliphatic rings. The van der Waals surface area contributed by atoms with E-state index in [0.717, 1.165) is 4.88 Å². The molecule has 1 saturated heterocycles. The second-order valence-electron chi connectivity index (χ2n) is 3.25. The summed E-state index contributed by atoms with van der Waals surface area (Å²) < 4.78 is 24.6. The first-order chi connectivity index (χ1) is 7.63. The summed E-state index contributed by atoms with van der Waals surface area (Å²) in [6.45, 7) is 0.800. The SMILES string of the molecule is NCC#Cc1cnc(N2CCCS2(=O)=O)s1. The fourth-order valence-corrected chi connectivity index (χ4v) is 4.01. The van der Waals surface area contributed by atoms with Crippen LogP contribution in [0.25, 0.3) is 0 Å². The maximum absolute atomic E-state index is 11.6. The molecule has 7 heteroatoms. The first-order valence-corrected chi connectivity index (χ1v) is 7.21. The van der Waals surface area contributed by atoms with Gasteiger partial charge in [-0.25, -0.2) is 17.7 Å². The van der Waals surface area contributed by atoms with Crippen LogP contribution in [0.15, 0.2) is 6.20 Å². The zero-order valence-corrected chi connectivity index (χ0v) is 10.1. The number of thiazole rings is 1. The highest BCUT2D eigenvalue weighted by Crippen LogP contribution is 2.27. The van der Waals surface area contributed by atoms with E-state index in [9.17, 15) is 8.42 Å². The average Bonchev–Trinajstić information content (AvgIpc) is 2.81. The Bertz CT molecular complexity index is 539. The molecule has 0 aliphatic carbocycles. The number of hydrogen-bond donors (Lipinski definition) is 1. The summed E-state index contributed by atoms with van der Waals surface area (Å²) in [4.78, 5) is 4.81. The Morgan fingerprint density at radius 1 is 1.62 bits per heavy atom. The maximum atomic E-state index is 11.6. The quantitative estimate of drug-likeness (QED) is 0.718. The second-order valence-corrected chi connectivity index (χ2v) is 6.28. The predicted octanol–water partition coefficient (Wildman–Crippen LogP) is -0.00680. The van der Waals surface area contributed by atoms with Gasteiger partial charge in [0, 0.05) is 6.54 Å². The van der Waals surface area contributed by atoms with Crippen LogP contribution in [-0.2, 0) is 10.0 Å². The molecule has 0 spiro atoms. The molecule has 1 aromatic heterocycles. The molecule has 0 saturated carbocycles. The second kappa shape index (κ2) is 4.41. The Morgan fingerprint density at radius 2 is 2.44 bits per heavy atom. The number of nitrogens with zero attached hydrogens (tertiary/aromatic N) is 2. The predicted molar refractivity (Wildman–Crippen MR) is 63.8 cm³/mol.